The largest absolute Gasteiger partial charge is 0.484 e. The Morgan fingerprint density at radius 2 is 1.69 bits per heavy atom. The highest BCUT2D eigenvalue weighted by Gasteiger charge is 2.08. The number of nitrogens with one attached hydrogen (secondary N) is 3. The van der Waals surface area contributed by atoms with Gasteiger partial charge in [0.05, 0.1) is 6.54 Å². The molecule has 2 aromatic carbocycles. The first-order valence-electron chi connectivity index (χ1n) is 8.21. The van der Waals surface area contributed by atoms with Crippen LogP contribution in [0.4, 0.5) is 5.69 Å². The molecule has 3 amide bonds. The van der Waals surface area contributed by atoms with Crippen molar-refractivity contribution in [2.75, 3.05) is 25.0 Å². The first kappa shape index (κ1) is 19.0. The van der Waals surface area contributed by atoms with Crippen molar-refractivity contribution < 1.29 is 19.1 Å². The van der Waals surface area contributed by atoms with Gasteiger partial charge in [-0.05, 0) is 31.2 Å². The van der Waals surface area contributed by atoms with Gasteiger partial charge in [-0.3, -0.25) is 14.4 Å². The first-order valence-corrected chi connectivity index (χ1v) is 8.21. The fraction of sp³-hybridized carbons (Fsp3) is 0.211. The highest BCUT2D eigenvalue weighted by atomic mass is 16.5. The molecule has 0 radical (unpaired) electrons. The summed E-state index contributed by atoms with van der Waals surface area (Å²) in [5.41, 5.74) is 0.999. The highest BCUT2D eigenvalue weighted by molar-refractivity contribution is 5.99. The van der Waals surface area contributed by atoms with Crippen molar-refractivity contribution in [3.8, 4) is 5.75 Å². The molecule has 0 heterocycles. The van der Waals surface area contributed by atoms with Gasteiger partial charge in [0.15, 0.2) is 6.61 Å². The lowest BCUT2D eigenvalue weighted by Crippen LogP contribution is -2.32. The molecular weight excluding hydrogens is 334 g/mol. The molecule has 0 saturated carbocycles. The third-order valence-corrected chi connectivity index (χ3v) is 3.31. The minimum Gasteiger partial charge on any atom is -0.484 e. The molecular formula is C19H21N3O4. The normalized spacial score (nSPS) is 9.88. The van der Waals surface area contributed by atoms with Crippen molar-refractivity contribution in [3.05, 3.63) is 60.2 Å². The number of anilines is 1. The highest BCUT2D eigenvalue weighted by Crippen LogP contribution is 2.17. The topological polar surface area (TPSA) is 96.5 Å². The third kappa shape index (κ3) is 6.27. The SMILES string of the molecule is CCNC(=O)COc1cccc(NC(=O)CNC(=O)c2ccccc2)c1. The second-order valence-corrected chi connectivity index (χ2v) is 5.37. The Morgan fingerprint density at radius 3 is 2.42 bits per heavy atom. The molecule has 0 aromatic heterocycles. The predicted octanol–water partition coefficient (Wildman–Crippen LogP) is 1.57. The van der Waals surface area contributed by atoms with Crippen LogP contribution in [0.3, 0.4) is 0 Å². The Labute approximate surface area is 151 Å². The predicted molar refractivity (Wildman–Crippen MR) is 98.0 cm³/mol. The van der Waals surface area contributed by atoms with Gasteiger partial charge in [-0.25, -0.2) is 0 Å². The van der Waals surface area contributed by atoms with Gasteiger partial charge in [0, 0.05) is 23.9 Å². The molecule has 7 nitrogen and oxygen atoms in total. The molecule has 2 aromatic rings. The fourth-order valence-electron chi connectivity index (χ4n) is 2.12. The van der Waals surface area contributed by atoms with E-state index in [2.05, 4.69) is 16.0 Å². The van der Waals surface area contributed by atoms with Gasteiger partial charge in [-0.2, -0.15) is 0 Å². The summed E-state index contributed by atoms with van der Waals surface area (Å²) in [5, 5.41) is 7.85. The maximum atomic E-state index is 12.0. The fourth-order valence-corrected chi connectivity index (χ4v) is 2.12. The molecule has 0 spiro atoms. The number of carbonyl (C=O) groups excluding carboxylic acids is 3. The van der Waals surface area contributed by atoms with Gasteiger partial charge >= 0.3 is 0 Å². The van der Waals surface area contributed by atoms with Crippen molar-refractivity contribution in [1.29, 1.82) is 0 Å². The van der Waals surface area contributed by atoms with Crippen LogP contribution in [0.1, 0.15) is 17.3 Å². The molecule has 0 aliphatic rings. The lowest BCUT2D eigenvalue weighted by molar-refractivity contribution is -0.123. The summed E-state index contributed by atoms with van der Waals surface area (Å²) in [6, 6.07) is 15.3. The van der Waals surface area contributed by atoms with E-state index in [0.717, 1.165) is 0 Å². The molecule has 0 atom stereocenters. The van der Waals surface area contributed by atoms with E-state index >= 15 is 0 Å². The van der Waals surface area contributed by atoms with Crippen molar-refractivity contribution >= 4 is 23.4 Å². The maximum absolute atomic E-state index is 12.0. The standard InChI is InChI=1S/C19H21N3O4/c1-2-20-18(24)13-26-16-10-6-9-15(11-16)22-17(23)12-21-19(25)14-7-4-3-5-8-14/h3-11H,2,12-13H2,1H3,(H,20,24)(H,21,25)(H,22,23). The molecule has 0 aliphatic carbocycles. The van der Waals surface area contributed by atoms with Gasteiger partial charge in [-0.1, -0.05) is 24.3 Å². The zero-order chi connectivity index (χ0) is 18.8. The quantitative estimate of drug-likeness (QED) is 0.670. The zero-order valence-corrected chi connectivity index (χ0v) is 14.5. The minimum absolute atomic E-state index is 0.0988. The first-order chi connectivity index (χ1) is 12.6. The van der Waals surface area contributed by atoms with Gasteiger partial charge in [0.1, 0.15) is 5.75 Å². The minimum atomic E-state index is -0.366. The Balaban J connectivity index is 1.82. The van der Waals surface area contributed by atoms with Gasteiger partial charge in [0.25, 0.3) is 11.8 Å². The molecule has 0 unspecified atom stereocenters. The van der Waals surface area contributed by atoms with Crippen LogP contribution >= 0.6 is 0 Å². The van der Waals surface area contributed by atoms with Crippen LogP contribution in [0.25, 0.3) is 0 Å². The van der Waals surface area contributed by atoms with E-state index in [1.807, 2.05) is 13.0 Å². The number of benzene rings is 2. The van der Waals surface area contributed by atoms with Crippen LogP contribution in [0, 0.1) is 0 Å². The lowest BCUT2D eigenvalue weighted by Gasteiger charge is -2.10. The third-order valence-electron chi connectivity index (χ3n) is 3.31. The van der Waals surface area contributed by atoms with E-state index in [1.54, 1.807) is 48.5 Å². The summed E-state index contributed by atoms with van der Waals surface area (Å²) >= 11 is 0. The van der Waals surface area contributed by atoms with Crippen LogP contribution in [0.2, 0.25) is 0 Å². The molecule has 7 heteroatoms. The molecule has 0 aliphatic heterocycles. The van der Waals surface area contributed by atoms with Crippen LogP contribution in [0.15, 0.2) is 54.6 Å². The summed E-state index contributed by atoms with van der Waals surface area (Å²) in [7, 11) is 0. The molecule has 136 valence electrons. The smallest absolute Gasteiger partial charge is 0.257 e. The van der Waals surface area contributed by atoms with Crippen molar-refractivity contribution in [2.24, 2.45) is 0 Å². The molecule has 2 rings (SSSR count). The Bertz CT molecular complexity index is 762. The Hall–Kier alpha value is -3.35. The number of hydrogen-bond acceptors (Lipinski definition) is 4. The van der Waals surface area contributed by atoms with E-state index in [4.69, 9.17) is 4.74 Å². The van der Waals surface area contributed by atoms with E-state index in [1.165, 1.54) is 0 Å². The van der Waals surface area contributed by atoms with Crippen LogP contribution < -0.4 is 20.7 Å². The Morgan fingerprint density at radius 1 is 0.923 bits per heavy atom. The summed E-state index contributed by atoms with van der Waals surface area (Å²) in [5.74, 6) is -0.442. The average molecular weight is 355 g/mol. The number of ether oxygens (including phenoxy) is 1. The number of rotatable bonds is 8. The van der Waals surface area contributed by atoms with Crippen molar-refractivity contribution in [1.82, 2.24) is 10.6 Å². The lowest BCUT2D eigenvalue weighted by atomic mass is 10.2. The monoisotopic (exact) mass is 355 g/mol. The summed E-state index contributed by atoms with van der Waals surface area (Å²) in [4.78, 5) is 35.3. The summed E-state index contributed by atoms with van der Waals surface area (Å²) < 4.78 is 5.37. The van der Waals surface area contributed by atoms with E-state index in [0.29, 0.717) is 23.5 Å². The molecule has 0 saturated heterocycles. The summed E-state index contributed by atoms with van der Waals surface area (Å²) in [6.45, 7) is 2.10. The maximum Gasteiger partial charge on any atom is 0.257 e. The number of amides is 3. The second-order valence-electron chi connectivity index (χ2n) is 5.37. The van der Waals surface area contributed by atoms with E-state index < -0.39 is 0 Å². The number of likely N-dealkylation sites (N-methyl/N-ethyl adjacent to an activating group) is 1. The van der Waals surface area contributed by atoms with Gasteiger partial charge < -0.3 is 20.7 Å². The van der Waals surface area contributed by atoms with E-state index in [9.17, 15) is 14.4 Å². The van der Waals surface area contributed by atoms with Crippen LogP contribution in [0.5, 0.6) is 5.75 Å². The number of carbonyl (C=O) groups is 3. The molecule has 26 heavy (non-hydrogen) atoms. The van der Waals surface area contributed by atoms with Crippen molar-refractivity contribution in [2.45, 2.75) is 6.92 Å². The number of hydrogen-bond donors (Lipinski definition) is 3. The van der Waals surface area contributed by atoms with Crippen LogP contribution in [-0.4, -0.2) is 37.4 Å². The average Bonchev–Trinajstić information content (AvgIpc) is 2.66. The van der Waals surface area contributed by atoms with E-state index in [-0.39, 0.29) is 30.9 Å². The molecule has 0 fully saturated rings. The second kappa shape index (κ2) is 9.83. The van der Waals surface area contributed by atoms with Gasteiger partial charge in [0.2, 0.25) is 5.91 Å². The summed E-state index contributed by atoms with van der Waals surface area (Å²) in [6.07, 6.45) is 0. The van der Waals surface area contributed by atoms with Gasteiger partial charge in [-0.15, -0.1) is 0 Å². The zero-order valence-electron chi connectivity index (χ0n) is 14.5. The molecule has 3 N–H and O–H groups in total. The molecule has 0 bridgehead atoms. The van der Waals surface area contributed by atoms with Crippen LogP contribution in [-0.2, 0) is 9.59 Å². The van der Waals surface area contributed by atoms with Crippen molar-refractivity contribution in [3.63, 3.8) is 0 Å². The Kier molecular flexibility index (Phi) is 7.17.